The molecule has 0 aromatic heterocycles. The Morgan fingerprint density at radius 3 is 1.80 bits per heavy atom. The average Bonchev–Trinajstić information content (AvgIpc) is 2.57. The molecule has 7 heteroatoms. The zero-order valence-electron chi connectivity index (χ0n) is 14.0. The molecule has 0 heterocycles. The molecule has 130 valence electrons. The van der Waals surface area contributed by atoms with Crippen molar-refractivity contribution in [3.05, 3.63) is 54.1 Å². The molecule has 0 saturated heterocycles. The monoisotopic (exact) mass is 341 g/mol. The largest absolute Gasteiger partial charge is 0.450 e. The maximum absolute atomic E-state index is 12.2. The first kappa shape index (κ1) is 18.0. The second kappa shape index (κ2) is 8.49. The summed E-state index contributed by atoms with van der Waals surface area (Å²) >= 11 is 0. The number of amides is 3. The third kappa shape index (κ3) is 5.65. The van der Waals surface area contributed by atoms with Crippen molar-refractivity contribution in [2.45, 2.75) is 13.8 Å². The van der Waals surface area contributed by atoms with E-state index in [2.05, 4.69) is 16.0 Å². The van der Waals surface area contributed by atoms with Crippen molar-refractivity contribution in [3.8, 4) is 0 Å². The van der Waals surface area contributed by atoms with Gasteiger partial charge in [0.1, 0.15) is 0 Å². The maximum Gasteiger partial charge on any atom is 0.411 e. The van der Waals surface area contributed by atoms with E-state index in [1.807, 2.05) is 0 Å². The van der Waals surface area contributed by atoms with Crippen molar-refractivity contribution in [3.63, 3.8) is 0 Å². The molecule has 2 aromatic carbocycles. The van der Waals surface area contributed by atoms with Gasteiger partial charge in [-0.1, -0.05) is 0 Å². The standard InChI is InChI=1S/C18H19N3O4/c1-3-25-18(24)21-16-6-4-13(5-7-16)17(23)20-15-10-8-14(9-11-15)19-12(2)22/h4-11H,3H2,1-2H3,(H,19,22)(H,20,23)(H,21,24). The molecule has 0 unspecified atom stereocenters. The molecule has 3 N–H and O–H groups in total. The summed E-state index contributed by atoms with van der Waals surface area (Å²) in [5, 5.41) is 7.96. The number of ether oxygens (including phenoxy) is 1. The Labute approximate surface area is 145 Å². The van der Waals surface area contributed by atoms with Gasteiger partial charge in [-0.15, -0.1) is 0 Å². The fourth-order valence-electron chi connectivity index (χ4n) is 2.03. The second-order valence-corrected chi connectivity index (χ2v) is 5.14. The van der Waals surface area contributed by atoms with E-state index >= 15 is 0 Å². The number of nitrogens with one attached hydrogen (secondary N) is 3. The average molecular weight is 341 g/mol. The fraction of sp³-hybridized carbons (Fsp3) is 0.167. The summed E-state index contributed by atoms with van der Waals surface area (Å²) in [6.45, 7) is 3.43. The molecular weight excluding hydrogens is 322 g/mol. The van der Waals surface area contributed by atoms with E-state index in [1.165, 1.54) is 6.92 Å². The molecule has 0 spiro atoms. The smallest absolute Gasteiger partial charge is 0.411 e. The molecule has 25 heavy (non-hydrogen) atoms. The minimum atomic E-state index is -0.543. The molecule has 2 rings (SSSR count). The van der Waals surface area contributed by atoms with E-state index in [-0.39, 0.29) is 18.4 Å². The minimum absolute atomic E-state index is 0.159. The maximum atomic E-state index is 12.2. The normalized spacial score (nSPS) is 9.84. The second-order valence-electron chi connectivity index (χ2n) is 5.14. The SMILES string of the molecule is CCOC(=O)Nc1ccc(C(=O)Nc2ccc(NC(C)=O)cc2)cc1. The van der Waals surface area contributed by atoms with Crippen LogP contribution in [-0.4, -0.2) is 24.5 Å². The van der Waals surface area contributed by atoms with Gasteiger partial charge in [0.15, 0.2) is 0 Å². The van der Waals surface area contributed by atoms with Crippen molar-refractivity contribution >= 4 is 35.0 Å². The van der Waals surface area contributed by atoms with Gasteiger partial charge < -0.3 is 15.4 Å². The molecule has 3 amide bonds. The molecule has 0 saturated carbocycles. The lowest BCUT2D eigenvalue weighted by Crippen LogP contribution is -2.14. The predicted molar refractivity (Wildman–Crippen MR) is 95.8 cm³/mol. The first-order valence-electron chi connectivity index (χ1n) is 7.71. The van der Waals surface area contributed by atoms with Gasteiger partial charge in [0.05, 0.1) is 6.61 Å². The number of benzene rings is 2. The van der Waals surface area contributed by atoms with Crippen LogP contribution >= 0.6 is 0 Å². The molecule has 7 nitrogen and oxygen atoms in total. The lowest BCUT2D eigenvalue weighted by Gasteiger charge is -2.08. The Morgan fingerprint density at radius 2 is 1.28 bits per heavy atom. The zero-order chi connectivity index (χ0) is 18.2. The molecular formula is C18H19N3O4. The zero-order valence-corrected chi connectivity index (χ0v) is 14.0. The molecule has 0 aliphatic heterocycles. The highest BCUT2D eigenvalue weighted by atomic mass is 16.5. The Kier molecular flexibility index (Phi) is 6.11. The summed E-state index contributed by atoms with van der Waals surface area (Å²) in [5.41, 5.74) is 2.24. The minimum Gasteiger partial charge on any atom is -0.450 e. The number of anilines is 3. The van der Waals surface area contributed by atoms with E-state index in [0.29, 0.717) is 22.6 Å². The fourth-order valence-corrected chi connectivity index (χ4v) is 2.03. The van der Waals surface area contributed by atoms with Crippen molar-refractivity contribution in [1.29, 1.82) is 0 Å². The van der Waals surface area contributed by atoms with Gasteiger partial charge in [-0.25, -0.2) is 4.79 Å². The quantitative estimate of drug-likeness (QED) is 0.776. The summed E-state index contributed by atoms with van der Waals surface area (Å²) in [4.78, 5) is 34.5. The summed E-state index contributed by atoms with van der Waals surface area (Å²) in [6, 6.07) is 13.2. The van der Waals surface area contributed by atoms with Gasteiger partial charge in [0, 0.05) is 29.5 Å². The number of hydrogen-bond donors (Lipinski definition) is 3. The van der Waals surface area contributed by atoms with Crippen LogP contribution in [0.4, 0.5) is 21.9 Å². The van der Waals surface area contributed by atoms with Crippen LogP contribution in [-0.2, 0) is 9.53 Å². The number of rotatable bonds is 5. The molecule has 0 aliphatic rings. The third-order valence-corrected chi connectivity index (χ3v) is 3.13. The number of carbonyl (C=O) groups excluding carboxylic acids is 3. The van der Waals surface area contributed by atoms with Gasteiger partial charge in [-0.3, -0.25) is 14.9 Å². The van der Waals surface area contributed by atoms with E-state index in [0.717, 1.165) is 0 Å². The highest BCUT2D eigenvalue weighted by Gasteiger charge is 2.07. The van der Waals surface area contributed by atoms with Gasteiger partial charge in [0.25, 0.3) is 5.91 Å². The number of carbonyl (C=O) groups is 3. The Bertz CT molecular complexity index is 755. The Balaban J connectivity index is 1.96. The van der Waals surface area contributed by atoms with Gasteiger partial charge in [-0.2, -0.15) is 0 Å². The summed E-state index contributed by atoms with van der Waals surface area (Å²) in [7, 11) is 0. The molecule has 0 bridgehead atoms. The van der Waals surface area contributed by atoms with Crippen LogP contribution in [0.15, 0.2) is 48.5 Å². The highest BCUT2D eigenvalue weighted by molar-refractivity contribution is 6.04. The summed E-state index contributed by atoms with van der Waals surface area (Å²) < 4.78 is 4.78. The van der Waals surface area contributed by atoms with Crippen LogP contribution in [0.3, 0.4) is 0 Å². The van der Waals surface area contributed by atoms with E-state index in [9.17, 15) is 14.4 Å². The van der Waals surface area contributed by atoms with Crippen LogP contribution in [0.2, 0.25) is 0 Å². The van der Waals surface area contributed by atoms with Crippen molar-refractivity contribution in [2.75, 3.05) is 22.6 Å². The van der Waals surface area contributed by atoms with Gasteiger partial charge >= 0.3 is 6.09 Å². The highest BCUT2D eigenvalue weighted by Crippen LogP contribution is 2.16. The van der Waals surface area contributed by atoms with Crippen molar-refractivity contribution in [1.82, 2.24) is 0 Å². The predicted octanol–water partition coefficient (Wildman–Crippen LogP) is 3.47. The molecule has 0 fully saturated rings. The van der Waals surface area contributed by atoms with Crippen LogP contribution in [0.1, 0.15) is 24.2 Å². The lowest BCUT2D eigenvalue weighted by molar-refractivity contribution is -0.114. The first-order chi connectivity index (χ1) is 12.0. The Hall–Kier alpha value is -3.35. The van der Waals surface area contributed by atoms with E-state index in [4.69, 9.17) is 4.74 Å². The molecule has 2 aromatic rings. The summed E-state index contributed by atoms with van der Waals surface area (Å²) in [6.07, 6.45) is -0.543. The van der Waals surface area contributed by atoms with Crippen LogP contribution < -0.4 is 16.0 Å². The molecule has 0 radical (unpaired) electrons. The van der Waals surface area contributed by atoms with Crippen LogP contribution in [0, 0.1) is 0 Å². The third-order valence-electron chi connectivity index (χ3n) is 3.13. The van der Waals surface area contributed by atoms with Crippen LogP contribution in [0.5, 0.6) is 0 Å². The molecule has 0 aliphatic carbocycles. The summed E-state index contributed by atoms with van der Waals surface area (Å²) in [5.74, 6) is -0.441. The number of hydrogen-bond acceptors (Lipinski definition) is 4. The van der Waals surface area contributed by atoms with E-state index < -0.39 is 6.09 Å². The van der Waals surface area contributed by atoms with Gasteiger partial charge in [-0.05, 0) is 55.5 Å². The van der Waals surface area contributed by atoms with Gasteiger partial charge in [0.2, 0.25) is 5.91 Å². The first-order valence-corrected chi connectivity index (χ1v) is 7.71. The van der Waals surface area contributed by atoms with Crippen molar-refractivity contribution in [2.24, 2.45) is 0 Å². The Morgan fingerprint density at radius 1 is 0.800 bits per heavy atom. The van der Waals surface area contributed by atoms with Crippen molar-refractivity contribution < 1.29 is 19.1 Å². The van der Waals surface area contributed by atoms with E-state index in [1.54, 1.807) is 55.5 Å². The molecule has 0 atom stereocenters. The lowest BCUT2D eigenvalue weighted by atomic mass is 10.2. The van der Waals surface area contributed by atoms with Crippen LogP contribution in [0.25, 0.3) is 0 Å². The topological polar surface area (TPSA) is 96.5 Å².